The molecule has 0 aliphatic carbocycles. The predicted molar refractivity (Wildman–Crippen MR) is 45.0 cm³/mol. The van der Waals surface area contributed by atoms with Crippen LogP contribution >= 0.6 is 8.38 Å². The fourth-order valence-corrected chi connectivity index (χ4v) is 1.36. The van der Waals surface area contributed by atoms with E-state index in [9.17, 15) is 0 Å². The zero-order chi connectivity index (χ0) is 7.82. The molecule has 2 N–H and O–H groups in total. The van der Waals surface area contributed by atoms with Crippen LogP contribution in [0.2, 0.25) is 0 Å². The molecule has 11 heavy (non-hydrogen) atoms. The molecular weight excluding hydrogens is 291 g/mol. The third-order valence-corrected chi connectivity index (χ3v) is 2.18. The summed E-state index contributed by atoms with van der Waals surface area (Å²) >= 11 is 0. The van der Waals surface area contributed by atoms with Gasteiger partial charge in [0, 0.05) is 47.0 Å². The maximum atomic E-state index is 8.53. The van der Waals surface area contributed by atoms with Gasteiger partial charge < -0.3 is 9.79 Å². The second kappa shape index (κ2) is 11.7. The third kappa shape index (κ3) is 14.5. The van der Waals surface area contributed by atoms with Crippen LogP contribution in [0.4, 0.5) is 0 Å². The van der Waals surface area contributed by atoms with Crippen molar-refractivity contribution in [1.82, 2.24) is 0 Å². The van der Waals surface area contributed by atoms with Gasteiger partial charge in [-0.25, -0.2) is 0 Å². The van der Waals surface area contributed by atoms with Crippen molar-refractivity contribution in [2.75, 3.05) is 6.16 Å². The van der Waals surface area contributed by atoms with Crippen LogP contribution in [0.3, 0.4) is 0 Å². The molecule has 0 aliphatic heterocycles. The minimum Gasteiger partial charge on any atom is -0.350 e. The summed E-state index contributed by atoms with van der Waals surface area (Å²) in [4.78, 5) is 17.1. The van der Waals surface area contributed by atoms with Crippen molar-refractivity contribution in [3.63, 3.8) is 0 Å². The quantitative estimate of drug-likeness (QED) is 0.584. The molecular formula is C7H17NdO2P. The Balaban J connectivity index is 0. The number of hydrogen-bond acceptors (Lipinski definition) is 2. The summed E-state index contributed by atoms with van der Waals surface area (Å²) in [5.74, 6) is 0. The third-order valence-electron chi connectivity index (χ3n) is 1.46. The van der Waals surface area contributed by atoms with Crippen molar-refractivity contribution in [2.45, 2.75) is 39.0 Å². The van der Waals surface area contributed by atoms with Crippen LogP contribution in [0, 0.1) is 40.8 Å². The van der Waals surface area contributed by atoms with Crippen LogP contribution in [-0.4, -0.2) is 15.9 Å². The summed E-state index contributed by atoms with van der Waals surface area (Å²) in [5.41, 5.74) is 0. The fourth-order valence-electron chi connectivity index (χ4n) is 0.857. The SMILES string of the molecule is CCCCCCCP(O)O.[Nd]. The molecule has 0 heterocycles. The molecule has 2 nitrogen and oxygen atoms in total. The summed E-state index contributed by atoms with van der Waals surface area (Å²) in [6.07, 6.45) is 6.47. The van der Waals surface area contributed by atoms with Gasteiger partial charge in [-0.2, -0.15) is 0 Å². The number of unbranched alkanes of at least 4 members (excludes halogenated alkanes) is 4. The molecule has 0 atom stereocenters. The van der Waals surface area contributed by atoms with E-state index in [1.165, 1.54) is 19.3 Å². The van der Waals surface area contributed by atoms with Gasteiger partial charge in [0.25, 0.3) is 0 Å². The largest absolute Gasteiger partial charge is 0.350 e. The molecule has 0 amide bonds. The van der Waals surface area contributed by atoms with E-state index in [-0.39, 0.29) is 40.8 Å². The summed E-state index contributed by atoms with van der Waals surface area (Å²) in [6, 6.07) is 0. The average molecular weight is 308 g/mol. The zero-order valence-corrected chi connectivity index (χ0v) is 11.2. The van der Waals surface area contributed by atoms with Crippen LogP contribution < -0.4 is 0 Å². The molecule has 0 aromatic heterocycles. The molecule has 0 fully saturated rings. The summed E-state index contributed by atoms with van der Waals surface area (Å²) < 4.78 is 0. The second-order valence-electron chi connectivity index (χ2n) is 2.51. The van der Waals surface area contributed by atoms with E-state index in [2.05, 4.69) is 6.92 Å². The van der Waals surface area contributed by atoms with Crippen molar-refractivity contribution in [3.8, 4) is 0 Å². The van der Waals surface area contributed by atoms with Gasteiger partial charge >= 0.3 is 0 Å². The first-order chi connectivity index (χ1) is 4.77. The molecule has 0 unspecified atom stereocenters. The monoisotopic (exact) mass is 306 g/mol. The first-order valence-corrected chi connectivity index (χ1v) is 5.36. The molecule has 0 saturated carbocycles. The predicted octanol–water partition coefficient (Wildman–Crippen LogP) is 2.25. The fraction of sp³-hybridized carbons (Fsp3) is 1.00. The van der Waals surface area contributed by atoms with Gasteiger partial charge in [0.1, 0.15) is 0 Å². The van der Waals surface area contributed by atoms with Gasteiger partial charge in [-0.15, -0.1) is 0 Å². The van der Waals surface area contributed by atoms with Crippen LogP contribution in [-0.2, 0) is 0 Å². The Morgan fingerprint density at radius 2 is 1.55 bits per heavy atom. The van der Waals surface area contributed by atoms with Gasteiger partial charge in [0.05, 0.1) is 0 Å². The van der Waals surface area contributed by atoms with Crippen LogP contribution in [0.15, 0.2) is 0 Å². The number of hydrogen-bond donors (Lipinski definition) is 2. The van der Waals surface area contributed by atoms with Crippen LogP contribution in [0.1, 0.15) is 39.0 Å². The Hall–Kier alpha value is 1.70. The van der Waals surface area contributed by atoms with Crippen molar-refractivity contribution in [1.29, 1.82) is 0 Å². The van der Waals surface area contributed by atoms with E-state index in [0.717, 1.165) is 12.8 Å². The number of rotatable bonds is 6. The van der Waals surface area contributed by atoms with E-state index in [1.807, 2.05) is 0 Å². The first kappa shape index (κ1) is 15.2. The van der Waals surface area contributed by atoms with E-state index < -0.39 is 8.38 Å². The molecule has 0 rings (SSSR count). The topological polar surface area (TPSA) is 40.5 Å². The smallest absolute Gasteiger partial charge is 0.164 e. The van der Waals surface area contributed by atoms with Crippen molar-refractivity contribution in [2.24, 2.45) is 0 Å². The van der Waals surface area contributed by atoms with Gasteiger partial charge in [-0.05, 0) is 6.42 Å². The summed E-state index contributed by atoms with van der Waals surface area (Å²) in [5, 5.41) is 0. The Labute approximate surface area is 103 Å². The first-order valence-electron chi connectivity index (χ1n) is 3.92. The maximum Gasteiger partial charge on any atom is 0.164 e. The molecule has 0 radical (unpaired) electrons. The molecule has 0 aliphatic rings. The Morgan fingerprint density at radius 1 is 1.00 bits per heavy atom. The van der Waals surface area contributed by atoms with E-state index in [4.69, 9.17) is 9.79 Å². The zero-order valence-electron chi connectivity index (χ0n) is 7.08. The van der Waals surface area contributed by atoms with E-state index in [1.54, 1.807) is 0 Å². The molecule has 4 heteroatoms. The van der Waals surface area contributed by atoms with Crippen molar-refractivity contribution < 1.29 is 50.6 Å². The van der Waals surface area contributed by atoms with Gasteiger partial charge in [0.2, 0.25) is 0 Å². The molecule has 0 spiro atoms. The molecule has 0 aromatic carbocycles. The normalized spacial score (nSPS) is 9.82. The van der Waals surface area contributed by atoms with Crippen molar-refractivity contribution >= 4 is 8.38 Å². The van der Waals surface area contributed by atoms with Crippen molar-refractivity contribution in [3.05, 3.63) is 0 Å². The van der Waals surface area contributed by atoms with Gasteiger partial charge in [-0.3, -0.25) is 0 Å². The molecule has 66 valence electrons. The minimum absolute atomic E-state index is 0. The molecule has 0 saturated heterocycles. The average Bonchev–Trinajstić information content (AvgIpc) is 1.87. The Kier molecular flexibility index (Phi) is 16.2. The second-order valence-corrected chi connectivity index (χ2v) is 3.70. The van der Waals surface area contributed by atoms with Gasteiger partial charge in [-0.1, -0.05) is 32.6 Å². The minimum atomic E-state index is -1.62. The van der Waals surface area contributed by atoms with Crippen LogP contribution in [0.25, 0.3) is 0 Å². The molecule has 0 aromatic rings. The Bertz CT molecular complexity index is 71.5. The van der Waals surface area contributed by atoms with Crippen LogP contribution in [0.5, 0.6) is 0 Å². The Morgan fingerprint density at radius 3 is 2.00 bits per heavy atom. The molecule has 0 bridgehead atoms. The van der Waals surface area contributed by atoms with Gasteiger partial charge in [0.15, 0.2) is 8.38 Å². The van der Waals surface area contributed by atoms with E-state index >= 15 is 0 Å². The summed E-state index contributed by atoms with van der Waals surface area (Å²) in [6.45, 7) is 2.17. The summed E-state index contributed by atoms with van der Waals surface area (Å²) in [7, 11) is -1.62. The maximum absolute atomic E-state index is 8.53. The standard InChI is InChI=1S/C7H17O2P.Nd/c1-2-3-4-5-6-7-10(8)9;/h8-9H,2-7H2,1H3;. The van der Waals surface area contributed by atoms with E-state index in [0.29, 0.717) is 6.16 Å².